The van der Waals surface area contributed by atoms with Gasteiger partial charge in [-0.15, -0.1) is 6.58 Å². The molecule has 32 heavy (non-hydrogen) atoms. The maximum Gasteiger partial charge on any atom is 0.408 e. The third kappa shape index (κ3) is 8.70. The van der Waals surface area contributed by atoms with Gasteiger partial charge in [-0.1, -0.05) is 49.2 Å². The number of unbranched alkanes of at least 4 members (excludes halogenated alkanes) is 1. The summed E-state index contributed by atoms with van der Waals surface area (Å²) in [6.45, 7) is 12.6. The van der Waals surface area contributed by atoms with Gasteiger partial charge < -0.3 is 25.4 Å². The molecule has 0 spiro atoms. The lowest BCUT2D eigenvalue weighted by atomic mass is 10.0. The van der Waals surface area contributed by atoms with E-state index in [-0.39, 0.29) is 12.5 Å². The summed E-state index contributed by atoms with van der Waals surface area (Å²) in [5, 5.41) is 15.1. The van der Waals surface area contributed by atoms with Crippen molar-refractivity contribution in [3.63, 3.8) is 0 Å². The van der Waals surface area contributed by atoms with E-state index < -0.39 is 36.3 Å². The van der Waals surface area contributed by atoms with Crippen LogP contribution in [0.4, 0.5) is 4.79 Å². The molecule has 0 saturated carbocycles. The highest BCUT2D eigenvalue weighted by molar-refractivity contribution is 5.92. The average molecular weight is 448 g/mol. The molecule has 0 saturated heterocycles. The molecule has 8 nitrogen and oxygen atoms in total. The van der Waals surface area contributed by atoms with Gasteiger partial charge in [0.25, 0.3) is 0 Å². The van der Waals surface area contributed by atoms with Gasteiger partial charge in [-0.3, -0.25) is 9.59 Å². The Kier molecular flexibility index (Phi) is 10.9. The van der Waals surface area contributed by atoms with Crippen LogP contribution in [0, 0.1) is 6.92 Å². The van der Waals surface area contributed by atoms with Crippen molar-refractivity contribution in [2.24, 2.45) is 0 Å². The Morgan fingerprint density at radius 3 is 2.50 bits per heavy atom. The highest BCUT2D eigenvalue weighted by Gasteiger charge is 2.35. The lowest BCUT2D eigenvalue weighted by Crippen LogP contribution is -2.54. The topological polar surface area (TPSA) is 108 Å². The Balaban J connectivity index is 3.27. The molecule has 0 aromatic heterocycles. The van der Waals surface area contributed by atoms with Crippen molar-refractivity contribution in [2.45, 2.75) is 65.1 Å². The van der Waals surface area contributed by atoms with Crippen molar-refractivity contribution in [2.75, 3.05) is 19.7 Å². The summed E-state index contributed by atoms with van der Waals surface area (Å²) in [5.74, 6) is -0.955. The molecule has 2 atom stereocenters. The second kappa shape index (κ2) is 12.9. The summed E-state index contributed by atoms with van der Waals surface area (Å²) >= 11 is 0. The molecule has 2 unspecified atom stereocenters. The van der Waals surface area contributed by atoms with E-state index in [9.17, 15) is 19.5 Å². The maximum atomic E-state index is 13.4. The van der Waals surface area contributed by atoms with Gasteiger partial charge in [0.1, 0.15) is 17.7 Å². The first-order chi connectivity index (χ1) is 15.0. The first-order valence-electron chi connectivity index (χ1n) is 10.9. The number of ether oxygens (including phenoxy) is 1. The SMILES string of the molecule is C=CCN(C(=O)C(CO)NC(=O)OC(C)(C)C)C(C(=O)NCCCC)c1cccc(C)c1. The summed E-state index contributed by atoms with van der Waals surface area (Å²) in [7, 11) is 0. The number of hydrogen-bond acceptors (Lipinski definition) is 5. The summed E-state index contributed by atoms with van der Waals surface area (Å²) in [6.07, 6.45) is 2.39. The van der Waals surface area contributed by atoms with E-state index in [1.54, 1.807) is 26.8 Å². The number of alkyl carbamates (subject to hydrolysis) is 1. The second-order valence-corrected chi connectivity index (χ2v) is 8.62. The van der Waals surface area contributed by atoms with Crippen LogP contribution < -0.4 is 10.6 Å². The summed E-state index contributed by atoms with van der Waals surface area (Å²) in [4.78, 5) is 40.0. The van der Waals surface area contributed by atoms with Gasteiger partial charge >= 0.3 is 6.09 Å². The number of aliphatic hydroxyl groups is 1. The van der Waals surface area contributed by atoms with Crippen LogP contribution in [0.5, 0.6) is 0 Å². The number of rotatable bonds is 11. The van der Waals surface area contributed by atoms with Crippen LogP contribution in [0.1, 0.15) is 57.7 Å². The fourth-order valence-electron chi connectivity index (χ4n) is 3.10. The van der Waals surface area contributed by atoms with E-state index in [0.29, 0.717) is 12.1 Å². The van der Waals surface area contributed by atoms with E-state index in [4.69, 9.17) is 4.74 Å². The van der Waals surface area contributed by atoms with Crippen LogP contribution in [0.3, 0.4) is 0 Å². The third-order valence-corrected chi connectivity index (χ3v) is 4.53. The fourth-order valence-corrected chi connectivity index (χ4v) is 3.10. The molecule has 0 aliphatic heterocycles. The molecule has 0 radical (unpaired) electrons. The zero-order valence-electron chi connectivity index (χ0n) is 19.8. The first kappa shape index (κ1) is 27.2. The molecule has 3 N–H and O–H groups in total. The highest BCUT2D eigenvalue weighted by Crippen LogP contribution is 2.23. The van der Waals surface area contributed by atoms with Crippen molar-refractivity contribution in [3.8, 4) is 0 Å². The Morgan fingerprint density at radius 1 is 1.28 bits per heavy atom. The standard InChI is InChI=1S/C24H37N3O5/c1-7-9-13-25-21(29)20(18-12-10-11-17(3)15-18)27(14-8-2)22(30)19(16-28)26-23(31)32-24(4,5)6/h8,10-12,15,19-20,28H,2,7,9,13-14,16H2,1,3-6H3,(H,25,29)(H,26,31). The highest BCUT2D eigenvalue weighted by atomic mass is 16.6. The molecule has 0 aliphatic rings. The number of carbonyl (C=O) groups is 3. The molecule has 1 aromatic carbocycles. The fraction of sp³-hybridized carbons (Fsp3) is 0.542. The van der Waals surface area contributed by atoms with Crippen molar-refractivity contribution in [1.82, 2.24) is 15.5 Å². The van der Waals surface area contributed by atoms with Crippen LogP contribution in [-0.4, -0.2) is 59.3 Å². The van der Waals surface area contributed by atoms with Gasteiger partial charge in [0, 0.05) is 13.1 Å². The van der Waals surface area contributed by atoms with Crippen molar-refractivity contribution >= 4 is 17.9 Å². The molecule has 0 aliphatic carbocycles. The Labute approximate surface area is 191 Å². The van der Waals surface area contributed by atoms with Crippen LogP contribution in [0.2, 0.25) is 0 Å². The molecule has 178 valence electrons. The number of aliphatic hydroxyl groups excluding tert-OH is 1. The van der Waals surface area contributed by atoms with Gasteiger partial charge in [-0.25, -0.2) is 4.79 Å². The third-order valence-electron chi connectivity index (χ3n) is 4.53. The van der Waals surface area contributed by atoms with Crippen LogP contribution >= 0.6 is 0 Å². The molecular formula is C24H37N3O5. The Morgan fingerprint density at radius 2 is 1.97 bits per heavy atom. The first-order valence-corrected chi connectivity index (χ1v) is 10.9. The predicted octanol–water partition coefficient (Wildman–Crippen LogP) is 2.85. The van der Waals surface area contributed by atoms with Crippen molar-refractivity contribution < 1.29 is 24.2 Å². The number of carbonyl (C=O) groups excluding carboxylic acids is 3. The Hall–Kier alpha value is -2.87. The van der Waals surface area contributed by atoms with E-state index >= 15 is 0 Å². The number of aryl methyl sites for hydroxylation is 1. The molecule has 8 heteroatoms. The maximum absolute atomic E-state index is 13.4. The monoisotopic (exact) mass is 447 g/mol. The number of nitrogens with one attached hydrogen (secondary N) is 2. The minimum absolute atomic E-state index is 0.0468. The molecule has 1 aromatic rings. The van der Waals surface area contributed by atoms with Gasteiger partial charge in [-0.2, -0.15) is 0 Å². The number of hydrogen-bond donors (Lipinski definition) is 3. The zero-order valence-corrected chi connectivity index (χ0v) is 19.8. The molecule has 3 amide bonds. The lowest BCUT2D eigenvalue weighted by Gasteiger charge is -2.33. The van der Waals surface area contributed by atoms with Crippen molar-refractivity contribution in [3.05, 3.63) is 48.0 Å². The van der Waals surface area contributed by atoms with Gasteiger partial charge in [-0.05, 0) is 39.7 Å². The molecule has 0 bridgehead atoms. The normalized spacial score (nSPS) is 12.9. The second-order valence-electron chi connectivity index (χ2n) is 8.62. The Bertz CT molecular complexity index is 788. The molecular weight excluding hydrogens is 410 g/mol. The van der Waals surface area contributed by atoms with Crippen LogP contribution in [0.15, 0.2) is 36.9 Å². The summed E-state index contributed by atoms with van der Waals surface area (Å²) < 4.78 is 5.20. The number of amides is 3. The molecule has 0 heterocycles. The van der Waals surface area contributed by atoms with E-state index in [2.05, 4.69) is 17.2 Å². The van der Waals surface area contributed by atoms with Crippen molar-refractivity contribution in [1.29, 1.82) is 0 Å². The largest absolute Gasteiger partial charge is 0.444 e. The minimum Gasteiger partial charge on any atom is -0.444 e. The number of nitrogens with zero attached hydrogens (tertiary/aromatic N) is 1. The zero-order chi connectivity index (χ0) is 24.3. The van der Waals surface area contributed by atoms with E-state index in [1.807, 2.05) is 32.0 Å². The van der Waals surface area contributed by atoms with E-state index in [1.165, 1.54) is 11.0 Å². The van der Waals surface area contributed by atoms with Crippen LogP contribution in [-0.2, 0) is 14.3 Å². The summed E-state index contributed by atoms with van der Waals surface area (Å²) in [5.41, 5.74) is 0.797. The number of benzene rings is 1. The smallest absolute Gasteiger partial charge is 0.408 e. The summed E-state index contributed by atoms with van der Waals surface area (Å²) in [6, 6.07) is 5.09. The average Bonchev–Trinajstić information content (AvgIpc) is 2.70. The molecule has 0 fully saturated rings. The molecule has 1 rings (SSSR count). The predicted molar refractivity (Wildman–Crippen MR) is 124 cm³/mol. The van der Waals surface area contributed by atoms with Gasteiger partial charge in [0.15, 0.2) is 0 Å². The van der Waals surface area contributed by atoms with Gasteiger partial charge in [0.05, 0.1) is 6.61 Å². The quantitative estimate of drug-likeness (QED) is 0.357. The van der Waals surface area contributed by atoms with Crippen LogP contribution in [0.25, 0.3) is 0 Å². The minimum atomic E-state index is -1.28. The van der Waals surface area contributed by atoms with Gasteiger partial charge in [0.2, 0.25) is 11.8 Å². The lowest BCUT2D eigenvalue weighted by molar-refractivity contribution is -0.142. The van der Waals surface area contributed by atoms with E-state index in [0.717, 1.165) is 18.4 Å².